The molecule has 1 aromatic carbocycles. The minimum absolute atomic E-state index is 0.0241. The zero-order valence-electron chi connectivity index (χ0n) is 14.8. The molecule has 2 aromatic heterocycles. The van der Waals surface area contributed by atoms with E-state index in [4.69, 9.17) is 0 Å². The molecule has 6 heteroatoms. The number of Topliss-reactive ketones (excluding diaryl/α,β-unsaturated/α-hetero) is 1. The van der Waals surface area contributed by atoms with Gasteiger partial charge in [-0.1, -0.05) is 56.0 Å². The highest BCUT2D eigenvalue weighted by atomic mass is 32.2. The van der Waals surface area contributed by atoms with Gasteiger partial charge in [-0.05, 0) is 22.9 Å². The predicted octanol–water partition coefficient (Wildman–Crippen LogP) is 4.74. The Balaban J connectivity index is 1.82. The number of carbonyl (C=O) groups excluding carboxylic acids is 1. The number of nitrogens with zero attached hydrogens (tertiary/aromatic N) is 2. The van der Waals surface area contributed by atoms with Gasteiger partial charge in [0.25, 0.3) is 5.56 Å². The number of carbonyl (C=O) groups is 1. The molecule has 0 N–H and O–H groups in total. The Kier molecular flexibility index (Phi) is 5.74. The van der Waals surface area contributed by atoms with Gasteiger partial charge < -0.3 is 0 Å². The molecular formula is C20H20N2O2S2. The molecule has 0 saturated carbocycles. The van der Waals surface area contributed by atoms with Gasteiger partial charge in [0.15, 0.2) is 10.9 Å². The number of hydrogen-bond donors (Lipinski definition) is 0. The molecule has 0 aliphatic carbocycles. The number of benzene rings is 1. The topological polar surface area (TPSA) is 52.0 Å². The van der Waals surface area contributed by atoms with Gasteiger partial charge in [-0.3, -0.25) is 14.2 Å². The minimum Gasteiger partial charge on any atom is -0.293 e. The van der Waals surface area contributed by atoms with Crippen LogP contribution in [-0.2, 0) is 6.54 Å². The maximum Gasteiger partial charge on any atom is 0.263 e. The van der Waals surface area contributed by atoms with Gasteiger partial charge >= 0.3 is 0 Å². The van der Waals surface area contributed by atoms with Crippen LogP contribution in [0.25, 0.3) is 10.2 Å². The SMILES string of the molecule is C=CCn1c(SCC(=O)c2ccc(C(C)C)cc2)nc2sccc2c1=O. The Bertz CT molecular complexity index is 1000. The zero-order chi connectivity index (χ0) is 18.7. The van der Waals surface area contributed by atoms with E-state index in [1.165, 1.54) is 28.7 Å². The lowest BCUT2D eigenvalue weighted by Crippen LogP contribution is -2.22. The molecule has 0 aliphatic heterocycles. The van der Waals surface area contributed by atoms with Gasteiger partial charge in [-0.15, -0.1) is 17.9 Å². The summed E-state index contributed by atoms with van der Waals surface area (Å²) in [5.74, 6) is 0.696. The van der Waals surface area contributed by atoms with Crippen LogP contribution in [0.5, 0.6) is 0 Å². The number of ketones is 1. The Morgan fingerprint density at radius 3 is 2.69 bits per heavy atom. The number of fused-ring (bicyclic) bond motifs is 1. The Labute approximate surface area is 160 Å². The van der Waals surface area contributed by atoms with Crippen LogP contribution in [0.2, 0.25) is 0 Å². The van der Waals surface area contributed by atoms with Gasteiger partial charge in [0.05, 0.1) is 11.1 Å². The van der Waals surface area contributed by atoms with E-state index in [0.29, 0.717) is 33.4 Å². The third kappa shape index (κ3) is 3.81. The third-order valence-electron chi connectivity index (χ3n) is 4.09. The number of thiophene rings is 1. The lowest BCUT2D eigenvalue weighted by atomic mass is 10.0. The smallest absolute Gasteiger partial charge is 0.263 e. The number of hydrogen-bond acceptors (Lipinski definition) is 5. The Morgan fingerprint density at radius 2 is 2.04 bits per heavy atom. The first kappa shape index (κ1) is 18.6. The quantitative estimate of drug-likeness (QED) is 0.255. The average molecular weight is 385 g/mol. The highest BCUT2D eigenvalue weighted by Gasteiger charge is 2.14. The highest BCUT2D eigenvalue weighted by molar-refractivity contribution is 7.99. The van der Waals surface area contributed by atoms with Crippen molar-refractivity contribution in [2.45, 2.75) is 31.5 Å². The second kappa shape index (κ2) is 8.01. The van der Waals surface area contributed by atoms with E-state index in [1.54, 1.807) is 16.7 Å². The fraction of sp³-hybridized carbons (Fsp3) is 0.250. The lowest BCUT2D eigenvalue weighted by Gasteiger charge is -2.10. The zero-order valence-corrected chi connectivity index (χ0v) is 16.4. The van der Waals surface area contributed by atoms with Crippen LogP contribution in [-0.4, -0.2) is 21.1 Å². The average Bonchev–Trinajstić information content (AvgIpc) is 3.11. The van der Waals surface area contributed by atoms with Gasteiger partial charge in [0, 0.05) is 12.1 Å². The number of allylic oxidation sites excluding steroid dienone is 1. The summed E-state index contributed by atoms with van der Waals surface area (Å²) >= 11 is 2.72. The van der Waals surface area contributed by atoms with E-state index in [0.717, 1.165) is 0 Å². The standard InChI is InChI=1S/C20H20N2O2S2/c1-4-10-22-19(24)16-9-11-25-18(16)21-20(22)26-12-17(23)15-7-5-14(6-8-15)13(2)3/h4-9,11,13H,1,10,12H2,2-3H3. The van der Waals surface area contributed by atoms with E-state index in [-0.39, 0.29) is 17.1 Å². The number of aromatic nitrogens is 2. The van der Waals surface area contributed by atoms with E-state index in [1.807, 2.05) is 29.6 Å². The van der Waals surface area contributed by atoms with Gasteiger partial charge in [-0.2, -0.15) is 0 Å². The van der Waals surface area contributed by atoms with Crippen molar-refractivity contribution in [1.29, 1.82) is 0 Å². The predicted molar refractivity (Wildman–Crippen MR) is 110 cm³/mol. The molecular weight excluding hydrogens is 364 g/mol. The number of thioether (sulfide) groups is 1. The summed E-state index contributed by atoms with van der Waals surface area (Å²) in [5, 5.41) is 3.02. The van der Waals surface area contributed by atoms with Crippen LogP contribution in [0.4, 0.5) is 0 Å². The van der Waals surface area contributed by atoms with Gasteiger partial charge in [0.1, 0.15) is 4.83 Å². The molecule has 0 fully saturated rings. The van der Waals surface area contributed by atoms with E-state index >= 15 is 0 Å². The van der Waals surface area contributed by atoms with Crippen LogP contribution >= 0.6 is 23.1 Å². The maximum absolute atomic E-state index is 12.6. The van der Waals surface area contributed by atoms with Crippen molar-refractivity contribution >= 4 is 39.1 Å². The van der Waals surface area contributed by atoms with Crippen molar-refractivity contribution in [3.05, 3.63) is 69.8 Å². The largest absolute Gasteiger partial charge is 0.293 e. The summed E-state index contributed by atoms with van der Waals surface area (Å²) < 4.78 is 1.57. The summed E-state index contributed by atoms with van der Waals surface area (Å²) in [5.41, 5.74) is 1.79. The first-order chi connectivity index (χ1) is 12.5. The van der Waals surface area contributed by atoms with Crippen LogP contribution in [0.3, 0.4) is 0 Å². The molecule has 0 radical (unpaired) electrons. The normalized spacial score (nSPS) is 11.2. The summed E-state index contributed by atoms with van der Waals surface area (Å²) in [4.78, 5) is 30.4. The molecule has 26 heavy (non-hydrogen) atoms. The molecule has 0 saturated heterocycles. The summed E-state index contributed by atoms with van der Waals surface area (Å²) in [6.45, 7) is 8.33. The van der Waals surface area contributed by atoms with Crippen molar-refractivity contribution in [3.63, 3.8) is 0 Å². The molecule has 3 rings (SSSR count). The van der Waals surface area contributed by atoms with Crippen molar-refractivity contribution in [2.75, 3.05) is 5.75 Å². The molecule has 0 unspecified atom stereocenters. The van der Waals surface area contributed by atoms with E-state index in [2.05, 4.69) is 25.4 Å². The number of rotatable bonds is 7. The van der Waals surface area contributed by atoms with Crippen LogP contribution < -0.4 is 5.56 Å². The second-order valence-corrected chi connectivity index (χ2v) is 8.06. The van der Waals surface area contributed by atoms with Crippen LogP contribution in [0.1, 0.15) is 35.7 Å². The van der Waals surface area contributed by atoms with Crippen molar-refractivity contribution in [2.24, 2.45) is 0 Å². The highest BCUT2D eigenvalue weighted by Crippen LogP contribution is 2.22. The van der Waals surface area contributed by atoms with Crippen LogP contribution in [0, 0.1) is 0 Å². The molecule has 0 amide bonds. The fourth-order valence-electron chi connectivity index (χ4n) is 2.60. The minimum atomic E-state index is -0.0904. The lowest BCUT2D eigenvalue weighted by molar-refractivity contribution is 0.102. The monoisotopic (exact) mass is 384 g/mol. The molecule has 0 atom stereocenters. The molecule has 4 nitrogen and oxygen atoms in total. The summed E-state index contributed by atoms with van der Waals surface area (Å²) in [6.07, 6.45) is 1.66. The molecule has 0 bridgehead atoms. The molecule has 0 aliphatic rings. The second-order valence-electron chi connectivity index (χ2n) is 6.23. The Morgan fingerprint density at radius 1 is 1.31 bits per heavy atom. The maximum atomic E-state index is 12.6. The Hall–Kier alpha value is -2.18. The molecule has 0 spiro atoms. The van der Waals surface area contributed by atoms with Crippen molar-refractivity contribution in [1.82, 2.24) is 9.55 Å². The first-order valence-electron chi connectivity index (χ1n) is 8.36. The first-order valence-corrected chi connectivity index (χ1v) is 10.2. The van der Waals surface area contributed by atoms with Gasteiger partial charge in [0.2, 0.25) is 0 Å². The molecule has 134 valence electrons. The molecule has 2 heterocycles. The van der Waals surface area contributed by atoms with E-state index in [9.17, 15) is 9.59 Å². The third-order valence-corrected chi connectivity index (χ3v) is 5.87. The fourth-order valence-corrected chi connectivity index (χ4v) is 4.31. The molecule has 3 aromatic rings. The van der Waals surface area contributed by atoms with E-state index < -0.39 is 0 Å². The summed E-state index contributed by atoms with van der Waals surface area (Å²) in [7, 11) is 0. The van der Waals surface area contributed by atoms with Crippen LogP contribution in [0.15, 0.2) is 58.3 Å². The van der Waals surface area contributed by atoms with Gasteiger partial charge in [-0.25, -0.2) is 4.98 Å². The summed E-state index contributed by atoms with van der Waals surface area (Å²) in [6, 6.07) is 9.50. The van der Waals surface area contributed by atoms with Crippen molar-refractivity contribution in [3.8, 4) is 0 Å². The van der Waals surface area contributed by atoms with Crippen molar-refractivity contribution < 1.29 is 4.79 Å².